The smallest absolute Gasteiger partial charge is 0.323 e. The molecule has 3 N–H and O–H groups in total. The average Bonchev–Trinajstić information content (AvgIpc) is 2.31. The molecule has 0 aromatic rings. The van der Waals surface area contributed by atoms with E-state index in [1.54, 1.807) is 6.92 Å². The second-order valence-corrected chi connectivity index (χ2v) is 4.66. The lowest BCUT2D eigenvalue weighted by Gasteiger charge is -2.27. The maximum absolute atomic E-state index is 11.8. The Kier molecular flexibility index (Phi) is 7.55. The van der Waals surface area contributed by atoms with Crippen molar-refractivity contribution in [1.29, 1.82) is 0 Å². The second kappa shape index (κ2) is 8.34. The molecule has 0 saturated carbocycles. The van der Waals surface area contributed by atoms with Gasteiger partial charge in [0.2, 0.25) is 5.91 Å². The van der Waals surface area contributed by atoms with Crippen LogP contribution in [0.5, 0.6) is 0 Å². The van der Waals surface area contributed by atoms with Crippen molar-refractivity contribution >= 4 is 17.9 Å². The number of nitrogens with one attached hydrogen (secondary N) is 2. The lowest BCUT2D eigenvalue weighted by molar-refractivity contribution is -0.138. The SMILES string of the molecule is CCC(C)N(CC(=O)O)C(=O)NCC(=O)NC(C)C. The van der Waals surface area contributed by atoms with Crippen LogP contribution in [0.4, 0.5) is 4.79 Å². The van der Waals surface area contributed by atoms with Gasteiger partial charge in [0.1, 0.15) is 6.54 Å². The molecule has 7 heteroatoms. The zero-order valence-electron chi connectivity index (χ0n) is 11.9. The number of hydrogen-bond acceptors (Lipinski definition) is 3. The third-order valence-electron chi connectivity index (χ3n) is 2.54. The highest BCUT2D eigenvalue weighted by molar-refractivity contribution is 5.85. The molecule has 0 aliphatic heterocycles. The molecule has 7 nitrogen and oxygen atoms in total. The number of urea groups is 1. The molecule has 110 valence electrons. The number of carbonyl (C=O) groups excluding carboxylic acids is 2. The number of aliphatic carboxylic acids is 1. The fourth-order valence-corrected chi connectivity index (χ4v) is 1.42. The van der Waals surface area contributed by atoms with Gasteiger partial charge in [-0.25, -0.2) is 4.79 Å². The lowest BCUT2D eigenvalue weighted by Crippen LogP contribution is -2.50. The van der Waals surface area contributed by atoms with E-state index in [1.807, 2.05) is 20.8 Å². The summed E-state index contributed by atoms with van der Waals surface area (Å²) in [5.74, 6) is -1.38. The van der Waals surface area contributed by atoms with Crippen molar-refractivity contribution in [2.24, 2.45) is 0 Å². The van der Waals surface area contributed by atoms with Crippen molar-refractivity contribution in [2.45, 2.75) is 46.2 Å². The Hall–Kier alpha value is -1.79. The highest BCUT2D eigenvalue weighted by atomic mass is 16.4. The molecular weight excluding hydrogens is 250 g/mol. The van der Waals surface area contributed by atoms with Gasteiger partial charge in [-0.1, -0.05) is 6.92 Å². The molecule has 0 aromatic carbocycles. The van der Waals surface area contributed by atoms with Crippen LogP contribution in [0.1, 0.15) is 34.1 Å². The summed E-state index contributed by atoms with van der Waals surface area (Å²) >= 11 is 0. The van der Waals surface area contributed by atoms with Gasteiger partial charge in [0.25, 0.3) is 0 Å². The van der Waals surface area contributed by atoms with E-state index in [4.69, 9.17) is 5.11 Å². The second-order valence-electron chi connectivity index (χ2n) is 4.66. The first-order valence-electron chi connectivity index (χ1n) is 6.33. The van der Waals surface area contributed by atoms with Crippen LogP contribution in [0, 0.1) is 0 Å². The van der Waals surface area contributed by atoms with Crippen LogP contribution in [-0.2, 0) is 9.59 Å². The molecule has 19 heavy (non-hydrogen) atoms. The molecule has 1 unspecified atom stereocenters. The van der Waals surface area contributed by atoms with Crippen molar-refractivity contribution in [1.82, 2.24) is 15.5 Å². The summed E-state index contributed by atoms with van der Waals surface area (Å²) in [7, 11) is 0. The van der Waals surface area contributed by atoms with E-state index in [9.17, 15) is 14.4 Å². The number of carbonyl (C=O) groups is 3. The maximum atomic E-state index is 11.8. The summed E-state index contributed by atoms with van der Waals surface area (Å²) in [4.78, 5) is 35.1. The molecule has 0 saturated heterocycles. The zero-order valence-corrected chi connectivity index (χ0v) is 11.9. The average molecular weight is 273 g/mol. The third kappa shape index (κ3) is 7.28. The van der Waals surface area contributed by atoms with E-state index in [-0.39, 0.29) is 31.1 Å². The Bertz CT molecular complexity index is 331. The molecule has 1 atom stereocenters. The van der Waals surface area contributed by atoms with Crippen molar-refractivity contribution in [3.05, 3.63) is 0 Å². The fourth-order valence-electron chi connectivity index (χ4n) is 1.42. The van der Waals surface area contributed by atoms with Gasteiger partial charge in [-0.05, 0) is 27.2 Å². The molecule has 0 bridgehead atoms. The first kappa shape index (κ1) is 17.2. The monoisotopic (exact) mass is 273 g/mol. The predicted molar refractivity (Wildman–Crippen MR) is 70.8 cm³/mol. The van der Waals surface area contributed by atoms with E-state index in [2.05, 4.69) is 10.6 Å². The van der Waals surface area contributed by atoms with E-state index in [0.717, 1.165) is 0 Å². The number of carboxylic acid groups (broad SMARTS) is 1. The molecule has 0 aliphatic carbocycles. The van der Waals surface area contributed by atoms with Crippen molar-refractivity contribution in [2.75, 3.05) is 13.1 Å². The molecule has 0 fully saturated rings. The molecule has 0 aromatic heterocycles. The van der Waals surface area contributed by atoms with Gasteiger partial charge in [0.05, 0.1) is 6.54 Å². The minimum Gasteiger partial charge on any atom is -0.480 e. The zero-order chi connectivity index (χ0) is 15.0. The minimum absolute atomic E-state index is 0.00547. The first-order chi connectivity index (χ1) is 8.77. The molecule has 0 heterocycles. The first-order valence-corrected chi connectivity index (χ1v) is 6.33. The lowest BCUT2D eigenvalue weighted by atomic mass is 10.2. The molecule has 0 rings (SSSR count). The predicted octanol–water partition coefficient (Wildman–Crippen LogP) is 0.406. The van der Waals surface area contributed by atoms with Gasteiger partial charge in [-0.2, -0.15) is 0 Å². The van der Waals surface area contributed by atoms with E-state index >= 15 is 0 Å². The van der Waals surface area contributed by atoms with Gasteiger partial charge < -0.3 is 20.6 Å². The summed E-state index contributed by atoms with van der Waals surface area (Å²) in [5, 5.41) is 13.8. The quantitative estimate of drug-likeness (QED) is 0.625. The molecule has 0 radical (unpaired) electrons. The van der Waals surface area contributed by atoms with Crippen LogP contribution < -0.4 is 10.6 Å². The van der Waals surface area contributed by atoms with Crippen LogP contribution in [0.2, 0.25) is 0 Å². The van der Waals surface area contributed by atoms with Gasteiger partial charge in [0.15, 0.2) is 0 Å². The number of nitrogens with zero attached hydrogens (tertiary/aromatic N) is 1. The number of amides is 3. The Labute approximate surface area is 113 Å². The standard InChI is InChI=1S/C12H23N3O4/c1-5-9(4)15(7-11(17)18)12(19)13-6-10(16)14-8(2)3/h8-9H,5-7H2,1-4H3,(H,13,19)(H,14,16)(H,17,18). The van der Waals surface area contributed by atoms with Crippen LogP contribution in [-0.4, -0.2) is 53.1 Å². The Morgan fingerprint density at radius 2 is 1.79 bits per heavy atom. The Morgan fingerprint density at radius 3 is 2.21 bits per heavy atom. The van der Waals surface area contributed by atoms with E-state index in [1.165, 1.54) is 4.90 Å². The van der Waals surface area contributed by atoms with Gasteiger partial charge in [0, 0.05) is 12.1 Å². The number of rotatable bonds is 7. The van der Waals surface area contributed by atoms with Gasteiger partial charge in [-0.15, -0.1) is 0 Å². The van der Waals surface area contributed by atoms with E-state index < -0.39 is 12.0 Å². The van der Waals surface area contributed by atoms with Crippen molar-refractivity contribution < 1.29 is 19.5 Å². The normalized spacial score (nSPS) is 11.8. The van der Waals surface area contributed by atoms with Gasteiger partial charge in [-0.3, -0.25) is 9.59 Å². The highest BCUT2D eigenvalue weighted by Crippen LogP contribution is 2.03. The highest BCUT2D eigenvalue weighted by Gasteiger charge is 2.21. The van der Waals surface area contributed by atoms with Crippen LogP contribution in [0.15, 0.2) is 0 Å². The molecule has 0 spiro atoms. The summed E-state index contributed by atoms with van der Waals surface area (Å²) in [5.41, 5.74) is 0. The number of carboxylic acids is 1. The summed E-state index contributed by atoms with van der Waals surface area (Å²) < 4.78 is 0. The van der Waals surface area contributed by atoms with E-state index in [0.29, 0.717) is 6.42 Å². The van der Waals surface area contributed by atoms with Crippen molar-refractivity contribution in [3.8, 4) is 0 Å². The molecular formula is C12H23N3O4. The Balaban J connectivity index is 4.40. The summed E-state index contributed by atoms with van der Waals surface area (Å²) in [6, 6.07) is -0.756. The number of hydrogen-bond donors (Lipinski definition) is 3. The van der Waals surface area contributed by atoms with Crippen LogP contribution in [0.25, 0.3) is 0 Å². The third-order valence-corrected chi connectivity index (χ3v) is 2.54. The molecule has 0 aliphatic rings. The largest absolute Gasteiger partial charge is 0.480 e. The Morgan fingerprint density at radius 1 is 1.21 bits per heavy atom. The summed E-state index contributed by atoms with van der Waals surface area (Å²) in [6.07, 6.45) is 0.638. The van der Waals surface area contributed by atoms with Crippen LogP contribution >= 0.6 is 0 Å². The summed E-state index contributed by atoms with van der Waals surface area (Å²) in [6.45, 7) is 6.70. The minimum atomic E-state index is -1.08. The van der Waals surface area contributed by atoms with Crippen LogP contribution in [0.3, 0.4) is 0 Å². The van der Waals surface area contributed by atoms with Gasteiger partial charge >= 0.3 is 12.0 Å². The fraction of sp³-hybridized carbons (Fsp3) is 0.750. The molecule has 3 amide bonds. The van der Waals surface area contributed by atoms with Crippen molar-refractivity contribution in [3.63, 3.8) is 0 Å². The maximum Gasteiger partial charge on any atom is 0.323 e. The topological polar surface area (TPSA) is 98.7 Å².